The second-order valence-electron chi connectivity index (χ2n) is 17.4. The molecule has 11 rings (SSSR count). The first-order valence-corrected chi connectivity index (χ1v) is 21.6. The number of hydrogen-bond donors (Lipinski definition) is 0. The highest BCUT2D eigenvalue weighted by Crippen LogP contribution is 2.49. The fourth-order valence-electron chi connectivity index (χ4n) is 9.65. The van der Waals surface area contributed by atoms with Gasteiger partial charge in [-0.25, -0.2) is 0 Å². The Morgan fingerprint density at radius 1 is 0.323 bits per heavy atom. The highest BCUT2D eigenvalue weighted by Gasteiger charge is 2.25. The van der Waals surface area contributed by atoms with Gasteiger partial charge in [0.15, 0.2) is 11.2 Å². The molecule has 0 spiro atoms. The quantitative estimate of drug-likeness (QED) is 0.168. The van der Waals surface area contributed by atoms with E-state index in [1.165, 1.54) is 44.5 Å². The minimum Gasteiger partial charge on any atom is -0.452 e. The zero-order valence-electron chi connectivity index (χ0n) is 36.6. The summed E-state index contributed by atoms with van der Waals surface area (Å²) >= 11 is 0. The third-order valence-electron chi connectivity index (χ3n) is 13.5. The van der Waals surface area contributed by atoms with Gasteiger partial charge in [-0.15, -0.1) is 0 Å². The van der Waals surface area contributed by atoms with E-state index in [-0.39, 0.29) is 0 Å². The molecule has 0 bridgehead atoms. The number of nitrogens with zero attached hydrogens (tertiary/aromatic N) is 2. The molecule has 0 aliphatic heterocycles. The van der Waals surface area contributed by atoms with Crippen LogP contribution in [0.4, 0.5) is 34.1 Å². The molecule has 302 valence electrons. The van der Waals surface area contributed by atoms with Crippen LogP contribution >= 0.6 is 0 Å². The normalized spacial score (nSPS) is 11.9. The molecule has 11 aromatic rings. The van der Waals surface area contributed by atoms with Crippen molar-refractivity contribution < 1.29 is 8.83 Å². The van der Waals surface area contributed by atoms with Crippen molar-refractivity contribution in [1.82, 2.24) is 0 Å². The van der Waals surface area contributed by atoms with E-state index in [2.05, 4.69) is 211 Å². The van der Waals surface area contributed by atoms with Crippen LogP contribution < -0.4 is 9.80 Å². The van der Waals surface area contributed by atoms with Gasteiger partial charge in [0.05, 0.1) is 11.4 Å². The van der Waals surface area contributed by atoms with E-state index in [0.29, 0.717) is 0 Å². The van der Waals surface area contributed by atoms with Gasteiger partial charge in [0.1, 0.15) is 11.2 Å². The lowest BCUT2D eigenvalue weighted by Crippen LogP contribution is -2.11. The summed E-state index contributed by atoms with van der Waals surface area (Å²) in [6, 6.07) is 53.2. The fourth-order valence-corrected chi connectivity index (χ4v) is 9.65. The van der Waals surface area contributed by atoms with Gasteiger partial charge in [-0.2, -0.15) is 0 Å². The lowest BCUT2D eigenvalue weighted by atomic mass is 9.98. The molecule has 2 aromatic heterocycles. The van der Waals surface area contributed by atoms with Crippen molar-refractivity contribution in [2.24, 2.45) is 0 Å². The van der Waals surface area contributed by atoms with E-state index in [9.17, 15) is 0 Å². The summed E-state index contributed by atoms with van der Waals surface area (Å²) in [6.45, 7) is 17.5. The summed E-state index contributed by atoms with van der Waals surface area (Å²) in [4.78, 5) is 4.77. The molecule has 4 nitrogen and oxygen atoms in total. The molecule has 4 heteroatoms. The van der Waals surface area contributed by atoms with E-state index in [1.807, 2.05) is 0 Å². The molecule has 0 aliphatic carbocycles. The predicted molar refractivity (Wildman–Crippen MR) is 263 cm³/mol. The van der Waals surface area contributed by atoms with E-state index >= 15 is 0 Å². The lowest BCUT2D eigenvalue weighted by molar-refractivity contribution is 0.633. The van der Waals surface area contributed by atoms with Gasteiger partial charge < -0.3 is 18.6 Å². The zero-order chi connectivity index (χ0) is 42.6. The van der Waals surface area contributed by atoms with Crippen LogP contribution in [-0.4, -0.2) is 0 Å². The molecular weight excluding hydrogens is 757 g/mol. The highest BCUT2D eigenvalue weighted by atomic mass is 16.4. The molecule has 0 unspecified atom stereocenters. The van der Waals surface area contributed by atoms with Gasteiger partial charge in [0.25, 0.3) is 0 Å². The Kier molecular flexibility index (Phi) is 8.59. The van der Waals surface area contributed by atoms with Crippen molar-refractivity contribution in [3.8, 4) is 0 Å². The standard InChI is InChI=1S/C58H48N2O2/c1-33-17-21-41(22-18-33)59(43-27-35(3)39(7)36(4)28-43)51-31-53-55(47-15-11-9-13-45(47)51)49-25-26-50-56-48-16-12-10-14-46(48)52(32-54(56)62-58(50)57(49)61-53)60(42-23-19-34(2)20-24-42)44-29-37(5)40(8)38(6)30-44/h9-32H,1-8H3. The minimum absolute atomic E-state index is 0.755. The fraction of sp³-hybridized carbons (Fsp3) is 0.138. The number of hydrogen-bond acceptors (Lipinski definition) is 4. The second-order valence-corrected chi connectivity index (χ2v) is 17.4. The SMILES string of the molecule is Cc1ccc(N(c2cc(C)c(C)c(C)c2)c2cc3oc4c(ccc5c4oc4cc(N(c6ccc(C)cc6)c6cc(C)c(C)c(C)c6)c6ccccc6c45)c3c3ccccc23)cc1. The number of benzene rings is 9. The first-order valence-electron chi connectivity index (χ1n) is 21.6. The molecule has 62 heavy (non-hydrogen) atoms. The van der Waals surface area contributed by atoms with Gasteiger partial charge in [-0.1, -0.05) is 83.9 Å². The highest BCUT2D eigenvalue weighted by molar-refractivity contribution is 6.29. The first-order chi connectivity index (χ1) is 30.0. The molecule has 9 aromatic carbocycles. The van der Waals surface area contributed by atoms with Crippen LogP contribution in [0.5, 0.6) is 0 Å². The average Bonchev–Trinajstić information content (AvgIpc) is 3.85. The molecular formula is C58H48N2O2. The topological polar surface area (TPSA) is 32.8 Å². The van der Waals surface area contributed by atoms with E-state index in [0.717, 1.165) is 99.5 Å². The van der Waals surface area contributed by atoms with Gasteiger partial charge in [-0.05, 0) is 160 Å². The summed E-state index contributed by atoms with van der Waals surface area (Å²) < 4.78 is 14.2. The molecule has 2 heterocycles. The number of rotatable bonds is 6. The molecule has 0 saturated heterocycles. The Labute approximate surface area is 362 Å². The van der Waals surface area contributed by atoms with Crippen LogP contribution in [0.1, 0.15) is 44.5 Å². The van der Waals surface area contributed by atoms with E-state index in [4.69, 9.17) is 8.83 Å². The largest absolute Gasteiger partial charge is 0.452 e. The van der Waals surface area contributed by atoms with Crippen molar-refractivity contribution in [3.05, 3.63) is 190 Å². The average molecular weight is 805 g/mol. The van der Waals surface area contributed by atoms with Crippen LogP contribution in [0.25, 0.3) is 65.4 Å². The van der Waals surface area contributed by atoms with Crippen molar-refractivity contribution >= 4 is 99.5 Å². The molecule has 0 aliphatic rings. The minimum atomic E-state index is 0.755. The summed E-state index contributed by atoms with van der Waals surface area (Å²) in [5, 5.41) is 8.82. The van der Waals surface area contributed by atoms with Crippen molar-refractivity contribution in [3.63, 3.8) is 0 Å². The zero-order valence-corrected chi connectivity index (χ0v) is 36.6. The number of aryl methyl sites for hydroxylation is 6. The Hall–Kier alpha value is -7.30. The van der Waals surface area contributed by atoms with Gasteiger partial charge >= 0.3 is 0 Å². The lowest BCUT2D eigenvalue weighted by Gasteiger charge is -2.28. The Morgan fingerprint density at radius 3 is 1.02 bits per heavy atom. The molecule has 0 fully saturated rings. The maximum absolute atomic E-state index is 7.10. The number of furan rings is 2. The maximum Gasteiger partial charge on any atom is 0.178 e. The van der Waals surface area contributed by atoms with Crippen LogP contribution in [-0.2, 0) is 0 Å². The molecule has 0 radical (unpaired) electrons. The molecule has 0 atom stereocenters. The van der Waals surface area contributed by atoms with Crippen LogP contribution in [0.15, 0.2) is 154 Å². The predicted octanol–water partition coefficient (Wildman–Crippen LogP) is 17.2. The van der Waals surface area contributed by atoms with E-state index in [1.54, 1.807) is 0 Å². The Morgan fingerprint density at radius 2 is 0.661 bits per heavy atom. The summed E-state index contributed by atoms with van der Waals surface area (Å²) in [7, 11) is 0. The van der Waals surface area contributed by atoms with Crippen molar-refractivity contribution in [2.45, 2.75) is 55.4 Å². The van der Waals surface area contributed by atoms with Gasteiger partial charge in [0, 0.05) is 67.2 Å². The molecule has 0 saturated carbocycles. The Balaban J connectivity index is 1.18. The van der Waals surface area contributed by atoms with Crippen LogP contribution in [0.3, 0.4) is 0 Å². The smallest absolute Gasteiger partial charge is 0.178 e. The number of anilines is 6. The van der Waals surface area contributed by atoms with Gasteiger partial charge in [-0.3, -0.25) is 0 Å². The summed E-state index contributed by atoms with van der Waals surface area (Å²) in [5.74, 6) is 0. The number of fused-ring (bicyclic) bond motifs is 11. The molecule has 0 amide bonds. The van der Waals surface area contributed by atoms with Crippen LogP contribution in [0, 0.1) is 55.4 Å². The van der Waals surface area contributed by atoms with Crippen LogP contribution in [0.2, 0.25) is 0 Å². The maximum atomic E-state index is 7.10. The van der Waals surface area contributed by atoms with Crippen molar-refractivity contribution in [1.29, 1.82) is 0 Å². The Bertz CT molecular complexity index is 3320. The summed E-state index contributed by atoms with van der Waals surface area (Å²) in [5.41, 5.74) is 19.8. The molecule has 0 N–H and O–H groups in total. The monoisotopic (exact) mass is 804 g/mol. The third-order valence-corrected chi connectivity index (χ3v) is 13.5. The van der Waals surface area contributed by atoms with E-state index < -0.39 is 0 Å². The van der Waals surface area contributed by atoms with Gasteiger partial charge in [0.2, 0.25) is 0 Å². The van der Waals surface area contributed by atoms with Crippen molar-refractivity contribution in [2.75, 3.05) is 9.80 Å². The first kappa shape index (κ1) is 37.7. The summed E-state index contributed by atoms with van der Waals surface area (Å²) in [6.07, 6.45) is 0. The second kappa shape index (κ2) is 14.1. The third kappa shape index (κ3) is 5.81.